The summed E-state index contributed by atoms with van der Waals surface area (Å²) in [7, 11) is -3.19. The summed E-state index contributed by atoms with van der Waals surface area (Å²) in [6, 6.07) is 19.9. The van der Waals surface area contributed by atoms with Gasteiger partial charge in [0, 0.05) is 5.41 Å². The van der Waals surface area contributed by atoms with Gasteiger partial charge in [0.2, 0.25) is 0 Å². The minimum absolute atomic E-state index is 0.196. The van der Waals surface area contributed by atoms with Crippen LogP contribution >= 0.6 is 0 Å². The molecule has 2 aromatic carbocycles. The number of hydrogen-bond donors (Lipinski definition) is 1. The van der Waals surface area contributed by atoms with Crippen LogP contribution in [0.15, 0.2) is 73.1 Å². The van der Waals surface area contributed by atoms with Crippen molar-refractivity contribution in [2.45, 2.75) is 57.9 Å². The number of nitro groups is 1. The van der Waals surface area contributed by atoms with Gasteiger partial charge in [0.05, 0.1) is 19.8 Å². The molecule has 3 aromatic rings. The van der Waals surface area contributed by atoms with E-state index in [9.17, 15) is 14.9 Å². The van der Waals surface area contributed by atoms with Crippen LogP contribution in [0.1, 0.15) is 40.5 Å². The zero-order valence-corrected chi connectivity index (χ0v) is 22.4. The van der Waals surface area contributed by atoms with Crippen LogP contribution in [0.5, 0.6) is 0 Å². The molecule has 0 amide bonds. The molecule has 192 valence electrons. The van der Waals surface area contributed by atoms with Crippen molar-refractivity contribution in [1.29, 1.82) is 0 Å². The summed E-state index contributed by atoms with van der Waals surface area (Å²) in [6.45, 7) is 9.12. The monoisotopic (exact) mass is 509 g/mol. The summed E-state index contributed by atoms with van der Waals surface area (Å²) in [6.07, 6.45) is 4.40. The number of rotatable bonds is 9. The number of ether oxygens (including phenoxy) is 2. The molecule has 0 unspecified atom stereocenters. The third-order valence-electron chi connectivity index (χ3n) is 7.46. The highest BCUT2D eigenvalue weighted by Crippen LogP contribution is 2.45. The van der Waals surface area contributed by atoms with Crippen molar-refractivity contribution in [2.24, 2.45) is 5.41 Å². The lowest BCUT2D eigenvalue weighted by Crippen LogP contribution is -2.65. The molecular formula is C27H35N3O5Si. The van der Waals surface area contributed by atoms with Gasteiger partial charge in [0.15, 0.2) is 5.79 Å². The highest BCUT2D eigenvalue weighted by atomic mass is 28.4. The average molecular weight is 510 g/mol. The third kappa shape index (κ3) is 5.15. The van der Waals surface area contributed by atoms with E-state index in [1.54, 1.807) is 10.8 Å². The summed E-state index contributed by atoms with van der Waals surface area (Å²) in [5, 5.41) is 13.0. The zero-order valence-electron chi connectivity index (χ0n) is 21.4. The molecule has 1 fully saturated rings. The number of hydrogen-bond acceptors (Lipinski definition) is 6. The van der Waals surface area contributed by atoms with Gasteiger partial charge >= 0.3 is 5.95 Å². The molecule has 0 aliphatic carbocycles. The minimum atomic E-state index is -3.19. The second-order valence-corrected chi connectivity index (χ2v) is 14.8. The van der Waals surface area contributed by atoms with Crippen LogP contribution in [-0.2, 0) is 16.0 Å². The Bertz CT molecular complexity index is 1130. The van der Waals surface area contributed by atoms with Gasteiger partial charge in [0.25, 0.3) is 8.32 Å². The molecule has 8 nitrogen and oxygen atoms in total. The van der Waals surface area contributed by atoms with E-state index in [1.807, 2.05) is 74.5 Å². The van der Waals surface area contributed by atoms with E-state index < -0.39 is 29.5 Å². The van der Waals surface area contributed by atoms with Crippen molar-refractivity contribution in [3.63, 3.8) is 0 Å². The molecule has 2 heterocycles. The second kappa shape index (κ2) is 9.89. The Kier molecular flexibility index (Phi) is 7.20. The van der Waals surface area contributed by atoms with Gasteiger partial charge in [0.1, 0.15) is 12.4 Å². The number of aromatic nitrogens is 2. The van der Waals surface area contributed by atoms with Gasteiger partial charge in [-0.2, -0.15) is 0 Å². The fourth-order valence-electron chi connectivity index (χ4n) is 5.08. The van der Waals surface area contributed by atoms with Crippen molar-refractivity contribution in [1.82, 2.24) is 9.55 Å². The molecule has 1 aromatic heterocycles. The Morgan fingerprint density at radius 3 is 2.08 bits per heavy atom. The number of nitrogens with zero attached hydrogens (tertiary/aromatic N) is 3. The normalized spacial score (nSPS) is 17.6. The maximum Gasteiger partial charge on any atom is 0.434 e. The highest BCUT2D eigenvalue weighted by Gasteiger charge is 2.51. The lowest BCUT2D eigenvalue weighted by Gasteiger charge is -2.46. The molecule has 9 heteroatoms. The van der Waals surface area contributed by atoms with Gasteiger partial charge in [-0.15, -0.1) is 0 Å². The molecule has 0 bridgehead atoms. The van der Waals surface area contributed by atoms with Crippen LogP contribution in [-0.4, -0.2) is 46.6 Å². The Balaban J connectivity index is 1.67. The van der Waals surface area contributed by atoms with Crippen LogP contribution in [0, 0.1) is 15.5 Å². The first-order valence-corrected chi connectivity index (χ1v) is 14.2. The average Bonchev–Trinajstić information content (AvgIpc) is 3.33. The lowest BCUT2D eigenvalue weighted by molar-refractivity contribution is -0.397. The maximum atomic E-state index is 12.5. The van der Waals surface area contributed by atoms with Crippen LogP contribution < -0.4 is 10.4 Å². The van der Waals surface area contributed by atoms with Gasteiger partial charge in [-0.3, -0.25) is 0 Å². The maximum absolute atomic E-state index is 12.5. The fraction of sp³-hybridized carbons (Fsp3) is 0.444. The summed E-state index contributed by atoms with van der Waals surface area (Å²) in [5.74, 6) is -0.915. The molecule has 1 aliphatic heterocycles. The summed E-state index contributed by atoms with van der Waals surface area (Å²) < 4.78 is 13.7. The zero-order chi connectivity index (χ0) is 26.0. The van der Waals surface area contributed by atoms with Crippen LogP contribution in [0.2, 0.25) is 5.04 Å². The smallest absolute Gasteiger partial charge is 0.424 e. The predicted molar refractivity (Wildman–Crippen MR) is 141 cm³/mol. The number of benzene rings is 2. The van der Waals surface area contributed by atoms with E-state index in [0.29, 0.717) is 32.6 Å². The predicted octanol–water partition coefficient (Wildman–Crippen LogP) is 3.87. The van der Waals surface area contributed by atoms with E-state index in [4.69, 9.17) is 9.47 Å². The molecular weight excluding hydrogens is 474 g/mol. The Labute approximate surface area is 213 Å². The molecule has 36 heavy (non-hydrogen) atoms. The molecule has 0 spiro atoms. The van der Waals surface area contributed by atoms with Crippen molar-refractivity contribution in [2.75, 3.05) is 13.2 Å². The van der Waals surface area contributed by atoms with E-state index in [1.165, 1.54) is 6.20 Å². The Morgan fingerprint density at radius 2 is 1.58 bits per heavy atom. The quantitative estimate of drug-likeness (QED) is 0.267. The highest BCUT2D eigenvalue weighted by molar-refractivity contribution is 6.98. The number of imidazole rings is 1. The third-order valence-corrected chi connectivity index (χ3v) is 12.0. The van der Waals surface area contributed by atoms with Crippen molar-refractivity contribution in [3.8, 4) is 0 Å². The Morgan fingerprint density at radius 1 is 1.06 bits per heavy atom. The fourth-order valence-corrected chi connectivity index (χ4v) is 8.81. The van der Waals surface area contributed by atoms with E-state index in [-0.39, 0.29) is 5.95 Å². The molecule has 1 aliphatic rings. The standard InChI is InChI=1S/C27H35N3O5Si/c1-25(2,36(33,22-11-7-5-8-12-22)23-13-9-6-10-14-23)15-16-27(20-34-26(3,4)35-21-27)19-29-18-17-28-24(29)30(31)32/h5-14,17-18,33H,15-16,19-21H2,1-4H3. The first kappa shape index (κ1) is 26.2. The summed E-state index contributed by atoms with van der Waals surface area (Å²) in [5.41, 5.74) is -0.513. The molecule has 4 rings (SSSR count). The largest absolute Gasteiger partial charge is 0.434 e. The van der Waals surface area contributed by atoms with E-state index in [2.05, 4.69) is 18.8 Å². The van der Waals surface area contributed by atoms with Crippen molar-refractivity contribution in [3.05, 3.63) is 83.2 Å². The first-order chi connectivity index (χ1) is 17.0. The Hall–Kier alpha value is -2.85. The van der Waals surface area contributed by atoms with E-state index in [0.717, 1.165) is 10.4 Å². The van der Waals surface area contributed by atoms with Crippen molar-refractivity contribution >= 4 is 24.6 Å². The van der Waals surface area contributed by atoms with Crippen molar-refractivity contribution < 1.29 is 19.2 Å². The first-order valence-electron chi connectivity index (χ1n) is 12.3. The lowest BCUT2D eigenvalue weighted by atomic mass is 9.81. The molecule has 0 saturated carbocycles. The molecule has 0 radical (unpaired) electrons. The molecule has 1 N–H and O–H groups in total. The molecule has 0 atom stereocenters. The second-order valence-electron chi connectivity index (χ2n) is 10.9. The molecule has 1 saturated heterocycles. The van der Waals surface area contributed by atoms with Gasteiger partial charge in [-0.1, -0.05) is 79.5 Å². The summed E-state index contributed by atoms with van der Waals surface area (Å²) >= 11 is 0. The topological polar surface area (TPSA) is 99.7 Å². The summed E-state index contributed by atoms with van der Waals surface area (Å²) in [4.78, 5) is 27.5. The van der Waals surface area contributed by atoms with Gasteiger partial charge in [-0.05, 0) is 47.0 Å². The van der Waals surface area contributed by atoms with Crippen LogP contribution in [0.25, 0.3) is 0 Å². The van der Waals surface area contributed by atoms with Crippen LogP contribution in [0.3, 0.4) is 0 Å². The van der Waals surface area contributed by atoms with E-state index >= 15 is 0 Å². The van der Waals surface area contributed by atoms with Gasteiger partial charge < -0.3 is 24.4 Å². The van der Waals surface area contributed by atoms with Gasteiger partial charge in [-0.25, -0.2) is 4.57 Å². The van der Waals surface area contributed by atoms with Crippen LogP contribution in [0.4, 0.5) is 5.95 Å². The minimum Gasteiger partial charge on any atom is -0.424 e. The SMILES string of the molecule is CC1(C)OCC(CCC(C)(C)[Si](O)(c2ccccc2)c2ccccc2)(Cn2ccnc2[N+](=O)[O-])CO1.